The second-order valence-electron chi connectivity index (χ2n) is 9.06. The van der Waals surface area contributed by atoms with E-state index in [0.717, 1.165) is 24.0 Å². The SMILES string of the molecule is COc1cc2c(=O)n(Cc3ccc(C(=O)NC4CC4)cc3)c(=O)n(Cc3ccc(Cl)cc3)c2cc1OC. The summed E-state index contributed by atoms with van der Waals surface area (Å²) in [6, 6.07) is 17.6. The Balaban J connectivity index is 1.59. The van der Waals surface area contributed by atoms with Crippen LogP contribution >= 0.6 is 11.6 Å². The molecule has 3 aromatic carbocycles. The van der Waals surface area contributed by atoms with E-state index in [2.05, 4.69) is 5.32 Å². The van der Waals surface area contributed by atoms with Gasteiger partial charge in [0.15, 0.2) is 11.5 Å². The third kappa shape index (κ3) is 5.11. The van der Waals surface area contributed by atoms with Crippen LogP contribution < -0.4 is 26.0 Å². The number of nitrogens with one attached hydrogen (secondary N) is 1. The molecule has 190 valence electrons. The van der Waals surface area contributed by atoms with Gasteiger partial charge in [-0.05, 0) is 54.3 Å². The maximum Gasteiger partial charge on any atom is 0.332 e. The Hall–Kier alpha value is -4.04. The van der Waals surface area contributed by atoms with Crippen molar-refractivity contribution in [2.45, 2.75) is 32.0 Å². The molecular weight excluding hydrogens is 494 g/mol. The molecule has 8 nitrogen and oxygen atoms in total. The number of aromatic nitrogens is 2. The second-order valence-corrected chi connectivity index (χ2v) is 9.49. The number of benzene rings is 3. The van der Waals surface area contributed by atoms with Crippen molar-refractivity contribution in [2.24, 2.45) is 0 Å². The van der Waals surface area contributed by atoms with E-state index in [4.69, 9.17) is 21.1 Å². The first-order valence-electron chi connectivity index (χ1n) is 11.9. The highest BCUT2D eigenvalue weighted by molar-refractivity contribution is 6.30. The Morgan fingerprint density at radius 2 is 1.46 bits per heavy atom. The summed E-state index contributed by atoms with van der Waals surface area (Å²) in [6.07, 6.45) is 2.02. The molecule has 0 aliphatic heterocycles. The fourth-order valence-electron chi connectivity index (χ4n) is 4.25. The van der Waals surface area contributed by atoms with Crippen LogP contribution in [0.3, 0.4) is 0 Å². The molecule has 1 saturated carbocycles. The lowest BCUT2D eigenvalue weighted by Gasteiger charge is -2.17. The summed E-state index contributed by atoms with van der Waals surface area (Å²) >= 11 is 6.04. The van der Waals surface area contributed by atoms with Gasteiger partial charge in [-0.15, -0.1) is 0 Å². The van der Waals surface area contributed by atoms with Crippen LogP contribution in [0.15, 0.2) is 70.3 Å². The lowest BCUT2D eigenvalue weighted by atomic mass is 10.1. The number of hydrogen-bond donors (Lipinski definition) is 1. The van der Waals surface area contributed by atoms with Gasteiger partial charge in [-0.2, -0.15) is 0 Å². The largest absolute Gasteiger partial charge is 0.493 e. The van der Waals surface area contributed by atoms with Crippen molar-refractivity contribution >= 4 is 28.4 Å². The van der Waals surface area contributed by atoms with Gasteiger partial charge in [-0.25, -0.2) is 4.79 Å². The lowest BCUT2D eigenvalue weighted by molar-refractivity contribution is 0.0951. The van der Waals surface area contributed by atoms with Crippen LogP contribution in [-0.4, -0.2) is 35.3 Å². The molecule has 0 saturated heterocycles. The number of rotatable bonds is 8. The third-order valence-corrected chi connectivity index (χ3v) is 6.71. The predicted octanol–water partition coefficient (Wildman–Crippen LogP) is 3.82. The Morgan fingerprint density at radius 3 is 2.05 bits per heavy atom. The fraction of sp³-hybridized carbons (Fsp3) is 0.250. The molecule has 1 aliphatic rings. The Morgan fingerprint density at radius 1 is 0.892 bits per heavy atom. The summed E-state index contributed by atoms with van der Waals surface area (Å²) in [5, 5.41) is 3.87. The number of ether oxygens (including phenoxy) is 2. The number of amides is 1. The predicted molar refractivity (Wildman–Crippen MR) is 142 cm³/mol. The van der Waals surface area contributed by atoms with Crippen molar-refractivity contribution in [3.63, 3.8) is 0 Å². The zero-order valence-corrected chi connectivity index (χ0v) is 21.2. The van der Waals surface area contributed by atoms with Crippen LogP contribution in [0.1, 0.15) is 34.3 Å². The quantitative estimate of drug-likeness (QED) is 0.382. The van der Waals surface area contributed by atoms with Crippen LogP contribution in [0.25, 0.3) is 10.9 Å². The first-order valence-corrected chi connectivity index (χ1v) is 12.3. The summed E-state index contributed by atoms with van der Waals surface area (Å²) in [5.74, 6) is 0.682. The van der Waals surface area contributed by atoms with Crippen LogP contribution in [-0.2, 0) is 13.1 Å². The molecule has 37 heavy (non-hydrogen) atoms. The molecule has 0 radical (unpaired) electrons. The number of fused-ring (bicyclic) bond motifs is 1. The van der Waals surface area contributed by atoms with Crippen molar-refractivity contribution in [1.29, 1.82) is 0 Å². The highest BCUT2D eigenvalue weighted by Crippen LogP contribution is 2.30. The van der Waals surface area contributed by atoms with Gasteiger partial charge in [-0.3, -0.25) is 18.7 Å². The minimum atomic E-state index is -0.463. The van der Waals surface area contributed by atoms with Crippen LogP contribution in [0.5, 0.6) is 11.5 Å². The van der Waals surface area contributed by atoms with Gasteiger partial charge in [0.2, 0.25) is 0 Å². The fourth-order valence-corrected chi connectivity index (χ4v) is 4.38. The minimum Gasteiger partial charge on any atom is -0.493 e. The molecule has 1 heterocycles. The number of nitrogens with zero attached hydrogens (tertiary/aromatic N) is 2. The number of halogens is 1. The number of methoxy groups -OCH3 is 2. The number of carbonyl (C=O) groups is 1. The lowest BCUT2D eigenvalue weighted by Crippen LogP contribution is -2.40. The van der Waals surface area contributed by atoms with Crippen molar-refractivity contribution in [1.82, 2.24) is 14.5 Å². The van der Waals surface area contributed by atoms with E-state index in [9.17, 15) is 14.4 Å². The number of carbonyl (C=O) groups excluding carboxylic acids is 1. The van der Waals surface area contributed by atoms with Crippen molar-refractivity contribution < 1.29 is 14.3 Å². The molecule has 1 amide bonds. The topological polar surface area (TPSA) is 91.6 Å². The van der Waals surface area contributed by atoms with Crippen LogP contribution in [0, 0.1) is 0 Å². The number of hydrogen-bond acceptors (Lipinski definition) is 5. The Labute approximate surface area is 218 Å². The van der Waals surface area contributed by atoms with E-state index in [1.807, 2.05) is 12.1 Å². The summed E-state index contributed by atoms with van der Waals surface area (Å²) in [5.41, 5.74) is 1.64. The molecule has 0 bridgehead atoms. The maximum atomic E-state index is 13.7. The molecule has 9 heteroatoms. The molecule has 1 aliphatic carbocycles. The smallest absolute Gasteiger partial charge is 0.332 e. The first-order chi connectivity index (χ1) is 17.9. The molecule has 0 unspecified atom stereocenters. The van der Waals surface area contributed by atoms with E-state index in [-0.39, 0.29) is 25.0 Å². The van der Waals surface area contributed by atoms with Gasteiger partial charge in [0.05, 0.1) is 38.2 Å². The van der Waals surface area contributed by atoms with E-state index >= 15 is 0 Å². The van der Waals surface area contributed by atoms with Crippen LogP contribution in [0.2, 0.25) is 5.02 Å². The summed E-state index contributed by atoms with van der Waals surface area (Å²) in [6.45, 7) is 0.273. The summed E-state index contributed by atoms with van der Waals surface area (Å²) in [7, 11) is 2.99. The maximum absolute atomic E-state index is 13.7. The summed E-state index contributed by atoms with van der Waals surface area (Å²) < 4.78 is 13.6. The molecule has 1 aromatic heterocycles. The van der Waals surface area contributed by atoms with Crippen molar-refractivity contribution in [2.75, 3.05) is 14.2 Å². The van der Waals surface area contributed by atoms with Gasteiger partial charge in [0, 0.05) is 22.7 Å². The molecule has 1 fully saturated rings. The Kier molecular flexibility index (Phi) is 6.76. The standard InChI is InChI=1S/C28H26ClN3O5/c1-36-24-13-22-23(14-25(24)37-2)31(15-18-5-9-20(29)10-6-18)28(35)32(27(22)34)16-17-3-7-19(8-4-17)26(33)30-21-11-12-21/h3-10,13-14,21H,11-12,15-16H2,1-2H3,(H,30,33). The van der Waals surface area contributed by atoms with Gasteiger partial charge < -0.3 is 14.8 Å². The average Bonchev–Trinajstić information content (AvgIpc) is 3.73. The van der Waals surface area contributed by atoms with Crippen molar-refractivity contribution in [3.8, 4) is 11.5 Å². The molecule has 0 spiro atoms. The van der Waals surface area contributed by atoms with Gasteiger partial charge in [-0.1, -0.05) is 35.9 Å². The van der Waals surface area contributed by atoms with E-state index in [1.165, 1.54) is 18.8 Å². The van der Waals surface area contributed by atoms with Gasteiger partial charge >= 0.3 is 5.69 Å². The van der Waals surface area contributed by atoms with Crippen LogP contribution in [0.4, 0.5) is 0 Å². The monoisotopic (exact) mass is 519 g/mol. The highest BCUT2D eigenvalue weighted by atomic mass is 35.5. The van der Waals surface area contributed by atoms with Crippen molar-refractivity contribution in [3.05, 3.63) is 103 Å². The third-order valence-electron chi connectivity index (χ3n) is 6.45. The molecule has 0 atom stereocenters. The summed E-state index contributed by atoms with van der Waals surface area (Å²) in [4.78, 5) is 39.6. The normalized spacial score (nSPS) is 12.9. The van der Waals surface area contributed by atoms with E-state index in [0.29, 0.717) is 33.0 Å². The highest BCUT2D eigenvalue weighted by Gasteiger charge is 2.24. The van der Waals surface area contributed by atoms with Gasteiger partial charge in [0.25, 0.3) is 11.5 Å². The molecular formula is C28H26ClN3O5. The van der Waals surface area contributed by atoms with Gasteiger partial charge in [0.1, 0.15) is 0 Å². The average molecular weight is 520 g/mol. The molecule has 4 aromatic rings. The second kappa shape index (κ2) is 10.1. The first kappa shape index (κ1) is 24.6. The zero-order valence-electron chi connectivity index (χ0n) is 20.5. The Bertz CT molecular complexity index is 1590. The van der Waals surface area contributed by atoms with E-state index in [1.54, 1.807) is 53.1 Å². The zero-order chi connectivity index (χ0) is 26.1. The molecule has 5 rings (SSSR count). The minimum absolute atomic E-state index is 0.0487. The molecule has 1 N–H and O–H groups in total. The van der Waals surface area contributed by atoms with E-state index < -0.39 is 11.2 Å².